The average molecular weight is 251 g/mol. The highest BCUT2D eigenvalue weighted by Crippen LogP contribution is 2.38. The van der Waals surface area contributed by atoms with Gasteiger partial charge in [-0.2, -0.15) is 0 Å². The third-order valence-electron chi connectivity index (χ3n) is 3.37. The zero-order chi connectivity index (χ0) is 13.8. The second-order valence-electron chi connectivity index (χ2n) is 5.43. The minimum absolute atomic E-state index is 0.0892. The Morgan fingerprint density at radius 3 is 2.33 bits per heavy atom. The number of rotatable bonds is 6. The fraction of sp³-hybridized carbons (Fsp3) is 0.600. The van der Waals surface area contributed by atoms with E-state index in [1.165, 1.54) is 0 Å². The lowest BCUT2D eigenvalue weighted by molar-refractivity contribution is 0.343. The van der Waals surface area contributed by atoms with Crippen molar-refractivity contribution in [2.24, 2.45) is 11.7 Å². The van der Waals surface area contributed by atoms with Gasteiger partial charge in [0, 0.05) is 17.5 Å². The summed E-state index contributed by atoms with van der Waals surface area (Å²) >= 11 is 0. The molecule has 1 atom stereocenters. The molecule has 102 valence electrons. The van der Waals surface area contributed by atoms with E-state index in [9.17, 15) is 0 Å². The normalized spacial score (nSPS) is 14.4. The Morgan fingerprint density at radius 1 is 1.22 bits per heavy atom. The first-order valence-electron chi connectivity index (χ1n) is 6.39. The Morgan fingerprint density at radius 2 is 1.89 bits per heavy atom. The molecule has 0 saturated carbocycles. The molecule has 2 N–H and O–H groups in total. The van der Waals surface area contributed by atoms with Gasteiger partial charge in [0.15, 0.2) is 0 Å². The van der Waals surface area contributed by atoms with Gasteiger partial charge < -0.3 is 15.2 Å². The molecule has 0 spiro atoms. The second kappa shape index (κ2) is 6.10. The van der Waals surface area contributed by atoms with Crippen LogP contribution in [0.3, 0.4) is 0 Å². The molecule has 1 aromatic carbocycles. The molecule has 0 aliphatic rings. The summed E-state index contributed by atoms with van der Waals surface area (Å²) in [5.74, 6) is 2.30. The highest BCUT2D eigenvalue weighted by Gasteiger charge is 2.29. The summed E-state index contributed by atoms with van der Waals surface area (Å²) in [6, 6.07) is 5.89. The fourth-order valence-corrected chi connectivity index (χ4v) is 2.49. The summed E-state index contributed by atoms with van der Waals surface area (Å²) in [5, 5.41) is 0. The molecular formula is C15H25NO2. The van der Waals surface area contributed by atoms with Crippen molar-refractivity contribution in [1.82, 2.24) is 0 Å². The van der Waals surface area contributed by atoms with E-state index in [0.29, 0.717) is 12.5 Å². The first-order chi connectivity index (χ1) is 8.46. The molecule has 0 amide bonds. The van der Waals surface area contributed by atoms with Gasteiger partial charge in [-0.05, 0) is 30.5 Å². The summed E-state index contributed by atoms with van der Waals surface area (Å²) in [7, 11) is 3.37. The van der Waals surface area contributed by atoms with Gasteiger partial charge in [0.2, 0.25) is 0 Å². The molecular weight excluding hydrogens is 226 g/mol. The van der Waals surface area contributed by atoms with Crippen molar-refractivity contribution in [1.29, 1.82) is 0 Å². The average Bonchev–Trinajstić information content (AvgIpc) is 2.37. The molecule has 0 aliphatic carbocycles. The van der Waals surface area contributed by atoms with E-state index in [0.717, 1.165) is 23.5 Å². The molecule has 3 nitrogen and oxygen atoms in total. The SMILES string of the molecule is COc1ccc(OC)c(C(C)(CN)CC(C)C)c1. The lowest BCUT2D eigenvalue weighted by Crippen LogP contribution is -2.33. The first kappa shape index (κ1) is 14.8. The molecule has 1 unspecified atom stereocenters. The van der Waals surface area contributed by atoms with Crippen LogP contribution < -0.4 is 15.2 Å². The second-order valence-corrected chi connectivity index (χ2v) is 5.43. The van der Waals surface area contributed by atoms with E-state index in [2.05, 4.69) is 20.8 Å². The molecule has 0 aliphatic heterocycles. The van der Waals surface area contributed by atoms with E-state index in [4.69, 9.17) is 15.2 Å². The number of nitrogens with two attached hydrogens (primary N) is 1. The topological polar surface area (TPSA) is 44.5 Å². The summed E-state index contributed by atoms with van der Waals surface area (Å²) < 4.78 is 10.8. The van der Waals surface area contributed by atoms with Crippen molar-refractivity contribution < 1.29 is 9.47 Å². The van der Waals surface area contributed by atoms with E-state index >= 15 is 0 Å². The molecule has 0 heterocycles. The molecule has 18 heavy (non-hydrogen) atoms. The van der Waals surface area contributed by atoms with Crippen molar-refractivity contribution in [2.75, 3.05) is 20.8 Å². The number of benzene rings is 1. The Hall–Kier alpha value is -1.22. The molecule has 0 fully saturated rings. The van der Waals surface area contributed by atoms with Gasteiger partial charge in [-0.15, -0.1) is 0 Å². The standard InChI is InChI=1S/C15H25NO2/c1-11(2)9-15(3,10-16)13-8-12(17-4)6-7-14(13)18-5/h6-8,11H,9-10,16H2,1-5H3. The highest BCUT2D eigenvalue weighted by atomic mass is 16.5. The van der Waals surface area contributed by atoms with Crippen LogP contribution in [0.4, 0.5) is 0 Å². The Labute approximate surface area is 110 Å². The maximum absolute atomic E-state index is 6.01. The van der Waals surface area contributed by atoms with E-state index in [-0.39, 0.29) is 5.41 Å². The van der Waals surface area contributed by atoms with Crippen molar-refractivity contribution in [2.45, 2.75) is 32.6 Å². The third kappa shape index (κ3) is 3.16. The van der Waals surface area contributed by atoms with Crippen LogP contribution in [0.1, 0.15) is 32.8 Å². The van der Waals surface area contributed by atoms with Crippen molar-refractivity contribution in [3.8, 4) is 11.5 Å². The molecule has 0 aromatic heterocycles. The summed E-state index contributed by atoms with van der Waals surface area (Å²) in [5.41, 5.74) is 7.04. The smallest absolute Gasteiger partial charge is 0.122 e. The highest BCUT2D eigenvalue weighted by molar-refractivity contribution is 5.45. The molecule has 3 heteroatoms. The van der Waals surface area contributed by atoms with Crippen molar-refractivity contribution >= 4 is 0 Å². The summed E-state index contributed by atoms with van der Waals surface area (Å²) in [6.07, 6.45) is 1.02. The number of methoxy groups -OCH3 is 2. The lowest BCUT2D eigenvalue weighted by atomic mass is 9.75. The number of ether oxygens (including phenoxy) is 2. The van der Waals surface area contributed by atoms with Gasteiger partial charge in [0.05, 0.1) is 14.2 Å². The van der Waals surface area contributed by atoms with Crippen LogP contribution in [-0.4, -0.2) is 20.8 Å². The summed E-state index contributed by atoms with van der Waals surface area (Å²) in [4.78, 5) is 0. The zero-order valence-electron chi connectivity index (χ0n) is 12.1. The molecule has 1 rings (SSSR count). The van der Waals surface area contributed by atoms with Crippen LogP contribution in [0.15, 0.2) is 18.2 Å². The lowest BCUT2D eigenvalue weighted by Gasteiger charge is -2.32. The van der Waals surface area contributed by atoms with Gasteiger partial charge in [-0.1, -0.05) is 20.8 Å². The van der Waals surface area contributed by atoms with Gasteiger partial charge in [0.1, 0.15) is 11.5 Å². The molecule has 0 bridgehead atoms. The maximum atomic E-state index is 6.01. The molecule has 0 radical (unpaired) electrons. The van der Waals surface area contributed by atoms with Crippen LogP contribution in [0.25, 0.3) is 0 Å². The minimum atomic E-state index is -0.0892. The maximum Gasteiger partial charge on any atom is 0.122 e. The predicted octanol–water partition coefficient (Wildman–Crippen LogP) is 2.97. The van der Waals surface area contributed by atoms with Gasteiger partial charge in [0.25, 0.3) is 0 Å². The third-order valence-corrected chi connectivity index (χ3v) is 3.37. The zero-order valence-corrected chi connectivity index (χ0v) is 12.1. The number of hydrogen-bond donors (Lipinski definition) is 1. The quantitative estimate of drug-likeness (QED) is 0.845. The van der Waals surface area contributed by atoms with E-state index in [1.54, 1.807) is 14.2 Å². The number of hydrogen-bond acceptors (Lipinski definition) is 3. The molecule has 0 saturated heterocycles. The van der Waals surface area contributed by atoms with E-state index < -0.39 is 0 Å². The minimum Gasteiger partial charge on any atom is -0.497 e. The Bertz CT molecular complexity index is 390. The largest absolute Gasteiger partial charge is 0.497 e. The summed E-state index contributed by atoms with van der Waals surface area (Å²) in [6.45, 7) is 7.19. The fourth-order valence-electron chi connectivity index (χ4n) is 2.49. The van der Waals surface area contributed by atoms with E-state index in [1.807, 2.05) is 18.2 Å². The Kier molecular flexibility index (Phi) is 5.03. The van der Waals surface area contributed by atoms with Crippen molar-refractivity contribution in [3.05, 3.63) is 23.8 Å². The van der Waals surface area contributed by atoms with Crippen LogP contribution in [0.2, 0.25) is 0 Å². The van der Waals surface area contributed by atoms with Gasteiger partial charge >= 0.3 is 0 Å². The monoisotopic (exact) mass is 251 g/mol. The first-order valence-corrected chi connectivity index (χ1v) is 6.39. The van der Waals surface area contributed by atoms with Gasteiger partial charge in [-0.25, -0.2) is 0 Å². The van der Waals surface area contributed by atoms with Crippen LogP contribution >= 0.6 is 0 Å². The van der Waals surface area contributed by atoms with Gasteiger partial charge in [-0.3, -0.25) is 0 Å². The Balaban J connectivity index is 3.25. The predicted molar refractivity (Wildman–Crippen MR) is 75.4 cm³/mol. The van der Waals surface area contributed by atoms with Crippen molar-refractivity contribution in [3.63, 3.8) is 0 Å². The van der Waals surface area contributed by atoms with Crippen LogP contribution in [0, 0.1) is 5.92 Å². The molecule has 1 aromatic rings. The van der Waals surface area contributed by atoms with Crippen LogP contribution in [-0.2, 0) is 5.41 Å². The van der Waals surface area contributed by atoms with Crippen LogP contribution in [0.5, 0.6) is 11.5 Å².